The van der Waals surface area contributed by atoms with Crippen LogP contribution < -0.4 is 11.1 Å². The van der Waals surface area contributed by atoms with Gasteiger partial charge < -0.3 is 16.0 Å². The third kappa shape index (κ3) is 4.93. The topological polar surface area (TPSA) is 75.4 Å². The van der Waals surface area contributed by atoms with E-state index in [1.54, 1.807) is 29.2 Å². The predicted molar refractivity (Wildman–Crippen MR) is 112 cm³/mol. The van der Waals surface area contributed by atoms with E-state index in [0.717, 1.165) is 25.7 Å². The van der Waals surface area contributed by atoms with Crippen LogP contribution in [0.4, 0.5) is 0 Å². The standard InChI is InChI=1S/C23H35N3O2/c1-23(2,3)14-26(4)22(28)18-10-6-9-17(11-18)21(27)25-20-15-7-5-8-16(20)13-19(24)12-15/h6,9-11,15-16,19-20H,5,7-8,12-14,24H2,1-4H3,(H,25,27). The average Bonchev–Trinajstić information content (AvgIpc) is 2.60. The van der Waals surface area contributed by atoms with Gasteiger partial charge >= 0.3 is 0 Å². The maximum absolute atomic E-state index is 12.9. The summed E-state index contributed by atoms with van der Waals surface area (Å²) in [6.07, 6.45) is 5.52. The monoisotopic (exact) mass is 385 g/mol. The lowest BCUT2D eigenvalue weighted by molar-refractivity contribution is 0.0745. The highest BCUT2D eigenvalue weighted by molar-refractivity contribution is 5.99. The van der Waals surface area contributed by atoms with Gasteiger partial charge in [0.15, 0.2) is 0 Å². The van der Waals surface area contributed by atoms with Crippen LogP contribution in [-0.2, 0) is 0 Å². The summed E-state index contributed by atoms with van der Waals surface area (Å²) in [6.45, 7) is 6.97. The van der Waals surface area contributed by atoms with E-state index < -0.39 is 0 Å². The van der Waals surface area contributed by atoms with Gasteiger partial charge in [-0.05, 0) is 61.1 Å². The molecule has 2 amide bonds. The van der Waals surface area contributed by atoms with E-state index in [4.69, 9.17) is 5.73 Å². The Kier molecular flexibility index (Phi) is 6.13. The molecule has 0 heterocycles. The van der Waals surface area contributed by atoms with Crippen molar-refractivity contribution in [1.29, 1.82) is 0 Å². The van der Waals surface area contributed by atoms with Crippen molar-refractivity contribution in [2.45, 2.75) is 65.0 Å². The minimum absolute atomic E-state index is 0.0268. The minimum atomic E-state index is -0.0782. The molecular formula is C23H35N3O2. The molecule has 2 atom stereocenters. The number of nitrogens with one attached hydrogen (secondary N) is 1. The van der Waals surface area contributed by atoms with Crippen LogP contribution >= 0.6 is 0 Å². The molecule has 2 fully saturated rings. The van der Waals surface area contributed by atoms with E-state index in [1.165, 1.54) is 6.42 Å². The van der Waals surface area contributed by atoms with E-state index in [9.17, 15) is 9.59 Å². The summed E-state index contributed by atoms with van der Waals surface area (Å²) >= 11 is 0. The molecule has 5 heteroatoms. The molecule has 2 aliphatic carbocycles. The predicted octanol–water partition coefficient (Wildman–Crippen LogP) is 3.44. The normalized spacial score (nSPS) is 27.2. The molecule has 5 nitrogen and oxygen atoms in total. The Morgan fingerprint density at radius 1 is 1.14 bits per heavy atom. The van der Waals surface area contributed by atoms with Gasteiger partial charge in [-0.3, -0.25) is 9.59 Å². The maximum atomic E-state index is 12.9. The lowest BCUT2D eigenvalue weighted by atomic mass is 9.67. The largest absolute Gasteiger partial charge is 0.349 e. The van der Waals surface area contributed by atoms with Crippen molar-refractivity contribution in [1.82, 2.24) is 10.2 Å². The van der Waals surface area contributed by atoms with E-state index in [2.05, 4.69) is 26.1 Å². The maximum Gasteiger partial charge on any atom is 0.253 e. The summed E-state index contributed by atoms with van der Waals surface area (Å²) in [6, 6.07) is 7.57. The molecule has 0 spiro atoms. The zero-order chi connectivity index (χ0) is 20.5. The smallest absolute Gasteiger partial charge is 0.253 e. The molecule has 3 rings (SSSR count). The fraction of sp³-hybridized carbons (Fsp3) is 0.652. The van der Waals surface area contributed by atoms with Crippen LogP contribution in [0.25, 0.3) is 0 Å². The Morgan fingerprint density at radius 2 is 1.75 bits per heavy atom. The first kappa shape index (κ1) is 20.8. The number of benzene rings is 1. The number of rotatable bonds is 4. The Hall–Kier alpha value is -1.88. The van der Waals surface area contributed by atoms with Gasteiger partial charge in [-0.2, -0.15) is 0 Å². The zero-order valence-corrected chi connectivity index (χ0v) is 17.7. The van der Waals surface area contributed by atoms with Gasteiger partial charge in [-0.15, -0.1) is 0 Å². The highest BCUT2D eigenvalue weighted by Crippen LogP contribution is 2.39. The molecule has 2 aliphatic rings. The number of amides is 2. The van der Waals surface area contributed by atoms with Gasteiger partial charge in [0.05, 0.1) is 0 Å². The first-order chi connectivity index (χ1) is 13.1. The van der Waals surface area contributed by atoms with Crippen molar-refractivity contribution in [3.63, 3.8) is 0 Å². The molecule has 0 aliphatic heterocycles. The van der Waals surface area contributed by atoms with Crippen LogP contribution in [0.15, 0.2) is 24.3 Å². The number of hydrogen-bond donors (Lipinski definition) is 2. The average molecular weight is 386 g/mol. The summed E-state index contributed by atoms with van der Waals surface area (Å²) in [5, 5.41) is 3.27. The second-order valence-corrected chi connectivity index (χ2v) is 9.98. The van der Waals surface area contributed by atoms with Crippen molar-refractivity contribution in [2.24, 2.45) is 23.0 Å². The molecule has 0 radical (unpaired) electrons. The van der Waals surface area contributed by atoms with E-state index >= 15 is 0 Å². The third-order valence-electron chi connectivity index (χ3n) is 6.10. The minimum Gasteiger partial charge on any atom is -0.349 e. The van der Waals surface area contributed by atoms with Crippen LogP contribution in [0.2, 0.25) is 0 Å². The van der Waals surface area contributed by atoms with Crippen LogP contribution in [0.1, 0.15) is 73.6 Å². The second kappa shape index (κ2) is 8.24. The van der Waals surface area contributed by atoms with Crippen molar-refractivity contribution < 1.29 is 9.59 Å². The number of nitrogens with zero attached hydrogens (tertiary/aromatic N) is 1. The van der Waals surface area contributed by atoms with Crippen molar-refractivity contribution in [2.75, 3.05) is 13.6 Å². The Balaban J connectivity index is 1.70. The molecule has 1 aromatic rings. The number of nitrogens with two attached hydrogens (primary N) is 1. The van der Waals surface area contributed by atoms with Crippen LogP contribution in [0, 0.1) is 17.3 Å². The number of hydrogen-bond acceptors (Lipinski definition) is 3. The molecular weight excluding hydrogens is 350 g/mol. The van der Waals surface area contributed by atoms with Crippen molar-refractivity contribution in [3.8, 4) is 0 Å². The fourth-order valence-electron chi connectivity index (χ4n) is 5.06. The van der Waals surface area contributed by atoms with E-state index in [-0.39, 0.29) is 29.3 Å². The number of fused-ring (bicyclic) bond motifs is 2. The first-order valence-corrected chi connectivity index (χ1v) is 10.6. The van der Waals surface area contributed by atoms with Crippen molar-refractivity contribution >= 4 is 11.8 Å². The summed E-state index contributed by atoms with van der Waals surface area (Å²) < 4.78 is 0. The van der Waals surface area contributed by atoms with Gasteiger partial charge in [-0.25, -0.2) is 0 Å². The molecule has 28 heavy (non-hydrogen) atoms. The van der Waals surface area contributed by atoms with Crippen LogP contribution in [0.3, 0.4) is 0 Å². The Bertz CT molecular complexity index is 711. The fourth-order valence-corrected chi connectivity index (χ4v) is 5.06. The third-order valence-corrected chi connectivity index (χ3v) is 6.10. The Morgan fingerprint density at radius 3 is 2.36 bits per heavy atom. The second-order valence-electron chi connectivity index (χ2n) is 9.98. The lowest BCUT2D eigenvalue weighted by Crippen LogP contribution is -2.53. The molecule has 1 aromatic carbocycles. The van der Waals surface area contributed by atoms with Gasteiger partial charge in [0.1, 0.15) is 0 Å². The molecule has 2 bridgehead atoms. The molecule has 2 unspecified atom stereocenters. The highest BCUT2D eigenvalue weighted by Gasteiger charge is 2.40. The summed E-state index contributed by atoms with van der Waals surface area (Å²) in [4.78, 5) is 27.4. The highest BCUT2D eigenvalue weighted by atomic mass is 16.2. The van der Waals surface area contributed by atoms with Gasteiger partial charge in [0.25, 0.3) is 11.8 Å². The van der Waals surface area contributed by atoms with Gasteiger partial charge in [0.2, 0.25) is 0 Å². The quantitative estimate of drug-likeness (QED) is 0.834. The number of carbonyl (C=O) groups excluding carboxylic acids is 2. The molecule has 2 saturated carbocycles. The number of carbonyl (C=O) groups is 2. The molecule has 3 N–H and O–H groups in total. The van der Waals surface area contributed by atoms with Gasteiger partial charge in [-0.1, -0.05) is 33.3 Å². The summed E-state index contributed by atoms with van der Waals surface area (Å²) in [5.41, 5.74) is 7.34. The summed E-state index contributed by atoms with van der Waals surface area (Å²) in [5.74, 6) is 0.832. The Labute approximate surface area is 169 Å². The van der Waals surface area contributed by atoms with Crippen LogP contribution in [0.5, 0.6) is 0 Å². The van der Waals surface area contributed by atoms with Crippen LogP contribution in [-0.4, -0.2) is 42.4 Å². The summed E-state index contributed by atoms with van der Waals surface area (Å²) in [7, 11) is 1.81. The van der Waals surface area contributed by atoms with Gasteiger partial charge in [0, 0.05) is 36.8 Å². The van der Waals surface area contributed by atoms with E-state index in [0.29, 0.717) is 29.5 Å². The first-order valence-electron chi connectivity index (χ1n) is 10.6. The molecule has 154 valence electrons. The SMILES string of the molecule is CN(CC(C)(C)C)C(=O)c1cccc(C(=O)NC2C3CCCC2CC(N)C3)c1. The lowest BCUT2D eigenvalue weighted by Gasteiger charge is -2.45. The molecule has 0 saturated heterocycles. The molecule has 0 aromatic heterocycles. The zero-order valence-electron chi connectivity index (χ0n) is 17.7. The van der Waals surface area contributed by atoms with Crippen molar-refractivity contribution in [3.05, 3.63) is 35.4 Å². The van der Waals surface area contributed by atoms with E-state index in [1.807, 2.05) is 7.05 Å².